The van der Waals surface area contributed by atoms with E-state index in [-0.39, 0.29) is 0 Å². The Labute approximate surface area is 129 Å². The molecular formula is C20H29F. The molecule has 1 aromatic rings. The minimum absolute atomic E-state index is 0.462. The lowest BCUT2D eigenvalue weighted by molar-refractivity contribution is 0.373. The Bertz CT molecular complexity index is 410. The second-order valence-electron chi connectivity index (χ2n) is 6.48. The van der Waals surface area contributed by atoms with Gasteiger partial charge in [-0.2, -0.15) is 0 Å². The van der Waals surface area contributed by atoms with Crippen LogP contribution in [0.25, 0.3) is 0 Å². The molecule has 0 unspecified atom stereocenters. The van der Waals surface area contributed by atoms with Gasteiger partial charge in [0.25, 0.3) is 0 Å². The van der Waals surface area contributed by atoms with Crippen LogP contribution in [0.15, 0.2) is 36.7 Å². The van der Waals surface area contributed by atoms with E-state index in [4.69, 9.17) is 0 Å². The third kappa shape index (κ3) is 5.30. The van der Waals surface area contributed by atoms with Gasteiger partial charge in [0.2, 0.25) is 0 Å². The van der Waals surface area contributed by atoms with Crippen molar-refractivity contribution in [3.05, 3.63) is 47.8 Å². The van der Waals surface area contributed by atoms with E-state index in [0.717, 1.165) is 19.2 Å². The first-order valence-corrected chi connectivity index (χ1v) is 8.69. The summed E-state index contributed by atoms with van der Waals surface area (Å²) in [6.07, 6.45) is 13.7. The molecule has 0 N–H and O–H groups in total. The van der Waals surface area contributed by atoms with Crippen molar-refractivity contribution in [2.24, 2.45) is 5.92 Å². The summed E-state index contributed by atoms with van der Waals surface area (Å²) in [5.74, 6) is 1.15. The zero-order chi connectivity index (χ0) is 14.9. The molecule has 0 nitrogen and oxygen atoms in total. The zero-order valence-corrected chi connectivity index (χ0v) is 13.4. The lowest BCUT2D eigenvalue weighted by Gasteiger charge is -2.27. The molecule has 1 aliphatic rings. The number of aryl methyl sites for hydroxylation is 1. The summed E-state index contributed by atoms with van der Waals surface area (Å²) in [7, 11) is 0. The quantitative estimate of drug-likeness (QED) is 0.498. The summed E-state index contributed by atoms with van der Waals surface area (Å²) in [5.41, 5.74) is 2.96. The largest absolute Gasteiger partial charge is 0.216 e. The average molecular weight is 288 g/mol. The van der Waals surface area contributed by atoms with Crippen LogP contribution in [0.5, 0.6) is 0 Å². The van der Waals surface area contributed by atoms with E-state index in [1.54, 1.807) is 6.08 Å². The van der Waals surface area contributed by atoms with Crippen LogP contribution in [0.4, 0.5) is 4.39 Å². The Morgan fingerprint density at radius 2 is 1.71 bits per heavy atom. The number of hydrogen-bond donors (Lipinski definition) is 0. The molecule has 0 spiro atoms. The summed E-state index contributed by atoms with van der Waals surface area (Å²) >= 11 is 0. The maximum atomic E-state index is 12.2. The molecule has 0 radical (unpaired) electrons. The van der Waals surface area contributed by atoms with Crippen molar-refractivity contribution < 1.29 is 4.39 Å². The van der Waals surface area contributed by atoms with E-state index in [1.807, 2.05) is 0 Å². The van der Waals surface area contributed by atoms with Gasteiger partial charge in [-0.05, 0) is 61.5 Å². The number of rotatable bonds is 7. The third-order valence-electron chi connectivity index (χ3n) is 4.89. The predicted molar refractivity (Wildman–Crippen MR) is 89.2 cm³/mol. The van der Waals surface area contributed by atoms with Gasteiger partial charge in [-0.3, -0.25) is 0 Å². The highest BCUT2D eigenvalue weighted by Gasteiger charge is 2.20. The van der Waals surface area contributed by atoms with Gasteiger partial charge in [0.15, 0.2) is 0 Å². The molecule has 1 saturated carbocycles. The van der Waals surface area contributed by atoms with Crippen LogP contribution in [0, 0.1) is 5.92 Å². The Hall–Kier alpha value is -1.11. The molecule has 0 bridgehead atoms. The molecule has 1 heteroatoms. The van der Waals surface area contributed by atoms with Crippen molar-refractivity contribution in [2.45, 2.75) is 70.6 Å². The van der Waals surface area contributed by atoms with Crippen molar-refractivity contribution in [1.29, 1.82) is 0 Å². The molecule has 0 atom stereocenters. The Kier molecular flexibility index (Phi) is 6.99. The predicted octanol–water partition coefficient (Wildman–Crippen LogP) is 6.57. The molecule has 0 saturated heterocycles. The van der Waals surface area contributed by atoms with E-state index in [2.05, 4.69) is 31.2 Å². The molecule has 21 heavy (non-hydrogen) atoms. The monoisotopic (exact) mass is 288 g/mol. The lowest BCUT2D eigenvalue weighted by Crippen LogP contribution is -2.11. The highest BCUT2D eigenvalue weighted by atomic mass is 19.1. The molecule has 0 aromatic heterocycles. The average Bonchev–Trinajstić information content (AvgIpc) is 2.53. The van der Waals surface area contributed by atoms with E-state index in [1.165, 1.54) is 56.1 Å². The molecule has 0 aliphatic heterocycles. The van der Waals surface area contributed by atoms with Gasteiger partial charge in [0.05, 0.1) is 6.33 Å². The first kappa shape index (κ1) is 16.3. The van der Waals surface area contributed by atoms with Gasteiger partial charge in [-0.15, -0.1) is 0 Å². The van der Waals surface area contributed by atoms with Gasteiger partial charge in [-0.25, -0.2) is 4.39 Å². The van der Waals surface area contributed by atoms with Gasteiger partial charge < -0.3 is 0 Å². The summed E-state index contributed by atoms with van der Waals surface area (Å²) in [5, 5.41) is 0. The molecule has 0 heterocycles. The van der Waals surface area contributed by atoms with Crippen LogP contribution in [0.2, 0.25) is 0 Å². The number of halogens is 1. The van der Waals surface area contributed by atoms with Crippen LogP contribution >= 0.6 is 0 Å². The lowest BCUT2D eigenvalue weighted by atomic mass is 9.78. The standard InChI is InChI=1S/C20H29F/c1-2-3-4-5-6-17-7-11-19(12-8-17)20-13-9-18(10-14-20)15-16-21/h7-8,11-12,15-16,18,20H,2-6,9-10,13-14H2,1H3. The zero-order valence-electron chi connectivity index (χ0n) is 13.4. The Morgan fingerprint density at radius 1 is 1.00 bits per heavy atom. The van der Waals surface area contributed by atoms with Gasteiger partial charge in [0, 0.05) is 0 Å². The maximum Gasteiger partial charge on any atom is 0.0829 e. The summed E-state index contributed by atoms with van der Waals surface area (Å²) in [6, 6.07) is 9.28. The SMILES string of the molecule is CCCCCCc1ccc(C2CCC(C=CF)CC2)cc1. The summed E-state index contributed by atoms with van der Waals surface area (Å²) in [6.45, 7) is 2.26. The minimum Gasteiger partial charge on any atom is -0.216 e. The van der Waals surface area contributed by atoms with Crippen LogP contribution in [0.3, 0.4) is 0 Å². The van der Waals surface area contributed by atoms with Crippen LogP contribution in [0.1, 0.15) is 75.3 Å². The van der Waals surface area contributed by atoms with Gasteiger partial charge in [0.1, 0.15) is 0 Å². The van der Waals surface area contributed by atoms with Crippen molar-refractivity contribution in [2.75, 3.05) is 0 Å². The highest BCUT2D eigenvalue weighted by molar-refractivity contribution is 5.26. The van der Waals surface area contributed by atoms with Crippen molar-refractivity contribution in [1.82, 2.24) is 0 Å². The smallest absolute Gasteiger partial charge is 0.0829 e. The Morgan fingerprint density at radius 3 is 2.33 bits per heavy atom. The normalized spacial score (nSPS) is 22.8. The fourth-order valence-corrected chi connectivity index (χ4v) is 3.46. The highest BCUT2D eigenvalue weighted by Crippen LogP contribution is 2.36. The fraction of sp³-hybridized carbons (Fsp3) is 0.600. The van der Waals surface area contributed by atoms with Gasteiger partial charge in [-0.1, -0.05) is 56.5 Å². The summed E-state index contributed by atoms with van der Waals surface area (Å²) < 4.78 is 12.2. The second-order valence-corrected chi connectivity index (χ2v) is 6.48. The molecule has 116 valence electrons. The van der Waals surface area contributed by atoms with Crippen molar-refractivity contribution in [3.63, 3.8) is 0 Å². The second kappa shape index (κ2) is 9.02. The first-order chi connectivity index (χ1) is 10.3. The molecule has 2 rings (SSSR count). The van der Waals surface area contributed by atoms with E-state index >= 15 is 0 Å². The Balaban J connectivity index is 1.79. The van der Waals surface area contributed by atoms with Crippen LogP contribution in [-0.2, 0) is 6.42 Å². The van der Waals surface area contributed by atoms with Crippen LogP contribution in [-0.4, -0.2) is 0 Å². The molecular weight excluding hydrogens is 259 g/mol. The van der Waals surface area contributed by atoms with E-state index < -0.39 is 0 Å². The maximum absolute atomic E-state index is 12.2. The topological polar surface area (TPSA) is 0 Å². The van der Waals surface area contributed by atoms with E-state index in [0.29, 0.717) is 11.8 Å². The first-order valence-electron chi connectivity index (χ1n) is 8.69. The number of unbranched alkanes of at least 4 members (excludes halogenated alkanes) is 3. The fourth-order valence-electron chi connectivity index (χ4n) is 3.46. The minimum atomic E-state index is 0.462. The number of allylic oxidation sites excluding steroid dienone is 1. The van der Waals surface area contributed by atoms with Crippen LogP contribution < -0.4 is 0 Å². The third-order valence-corrected chi connectivity index (χ3v) is 4.89. The molecule has 1 aliphatic carbocycles. The summed E-state index contributed by atoms with van der Waals surface area (Å²) in [4.78, 5) is 0. The number of benzene rings is 1. The molecule has 1 aromatic carbocycles. The van der Waals surface area contributed by atoms with E-state index in [9.17, 15) is 4.39 Å². The molecule has 1 fully saturated rings. The molecule has 0 amide bonds. The van der Waals surface area contributed by atoms with Crippen molar-refractivity contribution in [3.8, 4) is 0 Å². The number of hydrogen-bond acceptors (Lipinski definition) is 0. The van der Waals surface area contributed by atoms with Gasteiger partial charge >= 0.3 is 0 Å². The van der Waals surface area contributed by atoms with Crippen molar-refractivity contribution >= 4 is 0 Å².